The third kappa shape index (κ3) is 6.70. The average molecular weight is 569 g/mol. The largest absolute Gasteiger partial charge is 0.401 e. The predicted octanol–water partition coefficient (Wildman–Crippen LogP) is 4.50. The van der Waals surface area contributed by atoms with Crippen LogP contribution in [-0.2, 0) is 12.1 Å². The molecule has 0 bridgehead atoms. The summed E-state index contributed by atoms with van der Waals surface area (Å²) in [4.78, 5) is 23.3. The Kier molecular flexibility index (Phi) is 7.51. The van der Waals surface area contributed by atoms with Crippen molar-refractivity contribution >= 4 is 17.5 Å². The number of aryl methyl sites for hydroxylation is 1. The van der Waals surface area contributed by atoms with Gasteiger partial charge in [-0.2, -0.15) is 18.3 Å². The number of nitrogens with one attached hydrogen (secondary N) is 3. The molecule has 0 unspecified atom stereocenters. The molecule has 4 aromatic rings. The molecular formula is C27H31F3N10O. The summed E-state index contributed by atoms with van der Waals surface area (Å²) in [5.74, 6) is -0.0834. The highest BCUT2D eigenvalue weighted by atomic mass is 19.4. The number of alkyl halides is 3. The molecule has 11 nitrogen and oxygen atoms in total. The second kappa shape index (κ2) is 10.9. The highest BCUT2D eigenvalue weighted by Gasteiger charge is 2.33. The van der Waals surface area contributed by atoms with E-state index in [-0.39, 0.29) is 24.3 Å². The van der Waals surface area contributed by atoms with Gasteiger partial charge in [0.1, 0.15) is 0 Å². The normalized spacial score (nSPS) is 16.2. The second-order valence-corrected chi connectivity index (χ2v) is 11.0. The van der Waals surface area contributed by atoms with Gasteiger partial charge in [0.25, 0.3) is 5.91 Å². The van der Waals surface area contributed by atoms with Crippen molar-refractivity contribution in [2.24, 2.45) is 0 Å². The molecule has 0 spiro atoms. The van der Waals surface area contributed by atoms with Crippen LogP contribution >= 0.6 is 0 Å². The highest BCUT2D eigenvalue weighted by Crippen LogP contribution is 2.32. The lowest BCUT2D eigenvalue weighted by Crippen LogP contribution is -2.35. The molecule has 1 aliphatic rings. The number of aromatic amines is 1. The molecule has 5 rings (SSSR count). The van der Waals surface area contributed by atoms with Crippen LogP contribution in [0.1, 0.15) is 60.5 Å². The molecule has 1 aromatic carbocycles. The van der Waals surface area contributed by atoms with Crippen molar-refractivity contribution in [3.05, 3.63) is 65.4 Å². The number of halogens is 3. The van der Waals surface area contributed by atoms with Crippen molar-refractivity contribution in [1.29, 1.82) is 0 Å². The minimum Gasteiger partial charge on any atom is -0.344 e. The molecule has 1 aliphatic heterocycles. The summed E-state index contributed by atoms with van der Waals surface area (Å²) in [5, 5.41) is 21.0. The van der Waals surface area contributed by atoms with Gasteiger partial charge in [0.15, 0.2) is 5.69 Å². The van der Waals surface area contributed by atoms with Crippen LogP contribution < -0.4 is 10.6 Å². The predicted molar refractivity (Wildman–Crippen MR) is 145 cm³/mol. The minimum absolute atomic E-state index is 0.0691. The number of anilines is 2. The molecular weight excluding hydrogens is 537 g/mol. The summed E-state index contributed by atoms with van der Waals surface area (Å²) in [6, 6.07) is 6.73. The van der Waals surface area contributed by atoms with Crippen molar-refractivity contribution < 1.29 is 18.0 Å². The Morgan fingerprint density at radius 1 is 1.20 bits per heavy atom. The maximum absolute atomic E-state index is 13.4. The SMILES string of the molecule is Cc1n[nH]cc1Nc1nccc(-c2ccc3c(c2)CN(CC(F)(F)F)CC[C@H]3NC(=O)c2cn(C(C)(C)C)nn2)n1. The first-order valence-corrected chi connectivity index (χ1v) is 13.1. The van der Waals surface area contributed by atoms with Crippen LogP contribution in [0.4, 0.5) is 24.8 Å². The van der Waals surface area contributed by atoms with E-state index < -0.39 is 24.7 Å². The lowest BCUT2D eigenvalue weighted by Gasteiger charge is -2.22. The number of hydrogen-bond donors (Lipinski definition) is 3. The molecule has 1 atom stereocenters. The van der Waals surface area contributed by atoms with Crippen molar-refractivity contribution in [3.63, 3.8) is 0 Å². The molecule has 4 heterocycles. The molecule has 3 N–H and O–H groups in total. The van der Waals surface area contributed by atoms with Gasteiger partial charge in [-0.1, -0.05) is 17.3 Å². The number of H-pyrrole nitrogens is 1. The van der Waals surface area contributed by atoms with Gasteiger partial charge in [0, 0.05) is 31.0 Å². The zero-order valence-corrected chi connectivity index (χ0v) is 23.1. The Morgan fingerprint density at radius 2 is 2.00 bits per heavy atom. The molecule has 0 saturated heterocycles. The van der Waals surface area contributed by atoms with Crippen LogP contribution in [0.15, 0.2) is 42.9 Å². The summed E-state index contributed by atoms with van der Waals surface area (Å²) in [7, 11) is 0. The van der Waals surface area contributed by atoms with Gasteiger partial charge in [-0.15, -0.1) is 5.10 Å². The standard InChI is InChI=1S/C27H31F3N10O/c1-16-22(12-32-36-16)35-25-31-9-7-20(34-25)17-5-6-19-18(11-17)13-39(15-27(28,29)30)10-8-21(19)33-24(41)23-14-40(38-37-23)26(2,3)4/h5-7,9,11-12,14,21H,8,10,13,15H2,1-4H3,(H,32,36)(H,33,41)(H,31,34,35)/t21-/m1/s1. The van der Waals surface area contributed by atoms with E-state index in [1.165, 1.54) is 4.90 Å². The van der Waals surface area contributed by atoms with E-state index in [2.05, 4.69) is 41.1 Å². The first-order valence-electron chi connectivity index (χ1n) is 13.1. The molecule has 0 saturated carbocycles. The number of carbonyl (C=O) groups excluding carboxylic acids is 1. The van der Waals surface area contributed by atoms with Gasteiger partial charge in [-0.05, 0) is 57.4 Å². The van der Waals surface area contributed by atoms with Crippen molar-refractivity contribution in [1.82, 2.24) is 45.4 Å². The van der Waals surface area contributed by atoms with E-state index in [0.29, 0.717) is 29.2 Å². The van der Waals surface area contributed by atoms with Gasteiger partial charge in [-0.3, -0.25) is 14.8 Å². The summed E-state index contributed by atoms with van der Waals surface area (Å²) in [6.45, 7) is 6.81. The summed E-state index contributed by atoms with van der Waals surface area (Å²) in [5.41, 5.74) is 3.99. The topological polar surface area (TPSA) is 130 Å². The number of fused-ring (bicyclic) bond motifs is 1. The number of carbonyl (C=O) groups is 1. The Bertz CT molecular complexity index is 1540. The number of aromatic nitrogens is 7. The van der Waals surface area contributed by atoms with Crippen LogP contribution in [0, 0.1) is 6.92 Å². The number of benzene rings is 1. The Labute approximate surface area is 234 Å². The highest BCUT2D eigenvalue weighted by molar-refractivity contribution is 5.92. The molecule has 1 amide bonds. The van der Waals surface area contributed by atoms with E-state index in [1.54, 1.807) is 29.3 Å². The van der Waals surface area contributed by atoms with Gasteiger partial charge in [0.2, 0.25) is 5.95 Å². The second-order valence-electron chi connectivity index (χ2n) is 11.0. The van der Waals surface area contributed by atoms with E-state index >= 15 is 0 Å². The lowest BCUT2D eigenvalue weighted by molar-refractivity contribution is -0.147. The van der Waals surface area contributed by atoms with E-state index in [1.807, 2.05) is 45.9 Å². The fraction of sp³-hybridized carbons (Fsp3) is 0.407. The number of rotatable bonds is 6. The van der Waals surface area contributed by atoms with Crippen LogP contribution in [0.2, 0.25) is 0 Å². The molecule has 0 fully saturated rings. The smallest absolute Gasteiger partial charge is 0.344 e. The molecule has 41 heavy (non-hydrogen) atoms. The first kappa shape index (κ1) is 28.2. The van der Waals surface area contributed by atoms with E-state index in [0.717, 1.165) is 16.9 Å². The van der Waals surface area contributed by atoms with Crippen LogP contribution in [0.3, 0.4) is 0 Å². The molecule has 14 heteroatoms. The third-order valence-electron chi connectivity index (χ3n) is 6.80. The summed E-state index contributed by atoms with van der Waals surface area (Å²) >= 11 is 0. The van der Waals surface area contributed by atoms with Crippen LogP contribution in [-0.4, -0.2) is 65.2 Å². The fourth-order valence-electron chi connectivity index (χ4n) is 4.68. The van der Waals surface area contributed by atoms with E-state index in [4.69, 9.17) is 0 Å². The van der Waals surface area contributed by atoms with Gasteiger partial charge in [-0.25, -0.2) is 14.6 Å². The third-order valence-corrected chi connectivity index (χ3v) is 6.80. The molecule has 3 aromatic heterocycles. The van der Waals surface area contributed by atoms with Crippen molar-refractivity contribution in [2.75, 3.05) is 18.4 Å². The van der Waals surface area contributed by atoms with Crippen molar-refractivity contribution in [2.45, 2.75) is 58.4 Å². The zero-order chi connectivity index (χ0) is 29.4. The zero-order valence-electron chi connectivity index (χ0n) is 23.1. The number of amides is 1. The maximum Gasteiger partial charge on any atom is 0.401 e. The van der Waals surface area contributed by atoms with Gasteiger partial charge >= 0.3 is 6.18 Å². The first-order chi connectivity index (χ1) is 19.4. The van der Waals surface area contributed by atoms with Gasteiger partial charge < -0.3 is 10.6 Å². The lowest BCUT2D eigenvalue weighted by atomic mass is 9.96. The Balaban J connectivity index is 1.44. The average Bonchev–Trinajstić information content (AvgIpc) is 3.52. The number of hydrogen-bond acceptors (Lipinski definition) is 8. The van der Waals surface area contributed by atoms with Gasteiger partial charge in [0.05, 0.1) is 41.4 Å². The Hall–Kier alpha value is -4.33. The molecule has 0 aliphatic carbocycles. The maximum atomic E-state index is 13.4. The number of nitrogens with zero attached hydrogens (tertiary/aromatic N) is 7. The molecule has 216 valence electrons. The van der Waals surface area contributed by atoms with Crippen LogP contribution in [0.5, 0.6) is 0 Å². The summed E-state index contributed by atoms with van der Waals surface area (Å²) in [6.07, 6.45) is 0.812. The van der Waals surface area contributed by atoms with E-state index in [9.17, 15) is 18.0 Å². The fourth-order valence-corrected chi connectivity index (χ4v) is 4.68. The van der Waals surface area contributed by atoms with Crippen LogP contribution in [0.25, 0.3) is 11.3 Å². The minimum atomic E-state index is -4.36. The van der Waals surface area contributed by atoms with Crippen molar-refractivity contribution in [3.8, 4) is 11.3 Å². The quantitative estimate of drug-likeness (QED) is 0.310. The molecule has 0 radical (unpaired) electrons. The monoisotopic (exact) mass is 568 g/mol. The Morgan fingerprint density at radius 3 is 2.68 bits per heavy atom. The summed E-state index contributed by atoms with van der Waals surface area (Å²) < 4.78 is 41.8.